The van der Waals surface area contributed by atoms with Gasteiger partial charge in [0.05, 0.1) is 12.4 Å². The molecule has 0 aliphatic carbocycles. The van der Waals surface area contributed by atoms with Gasteiger partial charge in [0.25, 0.3) is 0 Å². The lowest BCUT2D eigenvalue weighted by atomic mass is 9.97. The highest BCUT2D eigenvalue weighted by Crippen LogP contribution is 2.27. The zero-order valence-electron chi connectivity index (χ0n) is 11.8. The molecule has 0 bridgehead atoms. The van der Waals surface area contributed by atoms with Crippen LogP contribution in [0.2, 0.25) is 0 Å². The van der Waals surface area contributed by atoms with Gasteiger partial charge in [-0.3, -0.25) is 9.88 Å². The number of rotatable bonds is 2. The van der Waals surface area contributed by atoms with Crippen molar-refractivity contribution < 1.29 is 0 Å². The lowest BCUT2D eigenvalue weighted by Gasteiger charge is -2.47. The van der Waals surface area contributed by atoms with Gasteiger partial charge in [-0.2, -0.15) is 0 Å². The van der Waals surface area contributed by atoms with Crippen LogP contribution < -0.4 is 10.2 Å². The molecule has 104 valence electrons. The molecule has 0 amide bonds. The van der Waals surface area contributed by atoms with E-state index >= 15 is 0 Å². The van der Waals surface area contributed by atoms with Crippen LogP contribution in [-0.2, 0) is 0 Å². The Morgan fingerprint density at radius 3 is 3.00 bits per heavy atom. The molecule has 2 unspecified atom stereocenters. The molecule has 0 spiro atoms. The average Bonchev–Trinajstić information content (AvgIpc) is 2.46. The Morgan fingerprint density at radius 1 is 1.26 bits per heavy atom. The molecule has 3 rings (SSSR count). The van der Waals surface area contributed by atoms with Crippen LogP contribution in [0.1, 0.15) is 26.2 Å². The molecule has 5 nitrogen and oxygen atoms in total. The van der Waals surface area contributed by atoms with E-state index in [4.69, 9.17) is 0 Å². The number of nitrogens with zero attached hydrogens (tertiary/aromatic N) is 4. The summed E-state index contributed by atoms with van der Waals surface area (Å²) in [4.78, 5) is 14.0. The van der Waals surface area contributed by atoms with E-state index in [1.165, 1.54) is 25.8 Å². The highest BCUT2D eigenvalue weighted by molar-refractivity contribution is 5.45. The molecule has 0 saturated carbocycles. The molecule has 1 aromatic heterocycles. The Labute approximate surface area is 115 Å². The fraction of sp³-hybridized carbons (Fsp3) is 0.714. The molecule has 0 radical (unpaired) electrons. The van der Waals surface area contributed by atoms with E-state index in [9.17, 15) is 0 Å². The lowest BCUT2D eigenvalue weighted by Crippen LogP contribution is -2.59. The minimum Gasteiger partial charge on any atom is -0.372 e. The van der Waals surface area contributed by atoms with Gasteiger partial charge in [-0.05, 0) is 26.3 Å². The van der Waals surface area contributed by atoms with Crippen LogP contribution in [0.25, 0.3) is 0 Å². The van der Waals surface area contributed by atoms with Gasteiger partial charge >= 0.3 is 0 Å². The van der Waals surface area contributed by atoms with Crippen LogP contribution in [0.3, 0.4) is 0 Å². The highest BCUT2D eigenvalue weighted by atomic mass is 15.3. The minimum atomic E-state index is 0.510. The van der Waals surface area contributed by atoms with Gasteiger partial charge in [-0.1, -0.05) is 6.42 Å². The maximum absolute atomic E-state index is 4.64. The van der Waals surface area contributed by atoms with E-state index in [0.717, 1.165) is 24.7 Å². The fourth-order valence-electron chi connectivity index (χ4n) is 3.29. The van der Waals surface area contributed by atoms with E-state index in [-0.39, 0.29) is 0 Å². The molecule has 0 aromatic carbocycles. The first-order valence-electron chi connectivity index (χ1n) is 7.28. The fourth-order valence-corrected chi connectivity index (χ4v) is 3.29. The summed E-state index contributed by atoms with van der Waals surface area (Å²) in [5.74, 6) is 1.85. The molecular weight excluding hydrogens is 238 g/mol. The number of aromatic nitrogens is 2. The predicted octanol–water partition coefficient (Wildman–Crippen LogP) is 1.58. The molecule has 2 atom stereocenters. The first-order chi connectivity index (χ1) is 9.28. The second-order valence-electron chi connectivity index (χ2n) is 5.66. The molecular formula is C14H23N5. The topological polar surface area (TPSA) is 44.3 Å². The smallest absolute Gasteiger partial charge is 0.149 e. The van der Waals surface area contributed by atoms with Gasteiger partial charge in [0, 0.05) is 32.2 Å². The molecule has 2 saturated heterocycles. The Balaban J connectivity index is 1.79. The van der Waals surface area contributed by atoms with Crippen LogP contribution >= 0.6 is 0 Å². The maximum atomic E-state index is 4.64. The van der Waals surface area contributed by atoms with Crippen LogP contribution in [-0.4, -0.2) is 53.6 Å². The number of anilines is 2. The molecule has 2 aliphatic heterocycles. The van der Waals surface area contributed by atoms with E-state index < -0.39 is 0 Å². The van der Waals surface area contributed by atoms with Crippen LogP contribution in [0, 0.1) is 0 Å². The Hall–Kier alpha value is -1.36. The summed E-state index contributed by atoms with van der Waals surface area (Å²) in [5.41, 5.74) is 0. The Kier molecular flexibility index (Phi) is 3.55. The Morgan fingerprint density at radius 2 is 2.16 bits per heavy atom. The second kappa shape index (κ2) is 5.33. The monoisotopic (exact) mass is 261 g/mol. The van der Waals surface area contributed by atoms with Crippen molar-refractivity contribution in [3.05, 3.63) is 12.4 Å². The lowest BCUT2D eigenvalue weighted by molar-refractivity contribution is 0.115. The van der Waals surface area contributed by atoms with Crippen LogP contribution in [0.5, 0.6) is 0 Å². The number of nitrogens with one attached hydrogen (secondary N) is 1. The molecule has 2 fully saturated rings. The van der Waals surface area contributed by atoms with Crippen LogP contribution in [0.4, 0.5) is 11.6 Å². The SMILES string of the molecule is CNc1cncc(N2CC3CCCCN3CC2C)n1. The van der Waals surface area contributed by atoms with E-state index in [1.54, 1.807) is 6.20 Å². The summed E-state index contributed by atoms with van der Waals surface area (Å²) in [6.45, 7) is 5.79. The molecule has 19 heavy (non-hydrogen) atoms. The van der Waals surface area contributed by atoms with Gasteiger partial charge in [0.1, 0.15) is 11.6 Å². The van der Waals surface area contributed by atoms with Crippen molar-refractivity contribution in [3.8, 4) is 0 Å². The van der Waals surface area contributed by atoms with E-state index in [0.29, 0.717) is 12.1 Å². The number of piperidine rings is 1. The first-order valence-corrected chi connectivity index (χ1v) is 7.28. The van der Waals surface area contributed by atoms with Crippen molar-refractivity contribution in [2.75, 3.05) is 36.9 Å². The third-order valence-electron chi connectivity index (χ3n) is 4.36. The third-order valence-corrected chi connectivity index (χ3v) is 4.36. The van der Waals surface area contributed by atoms with E-state index in [2.05, 4.69) is 32.0 Å². The van der Waals surface area contributed by atoms with Gasteiger partial charge in [0.2, 0.25) is 0 Å². The summed E-state index contributed by atoms with van der Waals surface area (Å²) in [6, 6.07) is 1.21. The van der Waals surface area contributed by atoms with Crippen LogP contribution in [0.15, 0.2) is 12.4 Å². The largest absolute Gasteiger partial charge is 0.372 e. The summed E-state index contributed by atoms with van der Waals surface area (Å²) >= 11 is 0. The summed E-state index contributed by atoms with van der Waals surface area (Å²) in [6.07, 6.45) is 7.70. The number of piperazine rings is 1. The van der Waals surface area contributed by atoms with Crippen molar-refractivity contribution in [2.24, 2.45) is 0 Å². The summed E-state index contributed by atoms with van der Waals surface area (Å²) in [7, 11) is 1.89. The quantitative estimate of drug-likeness (QED) is 0.875. The second-order valence-corrected chi connectivity index (χ2v) is 5.66. The first kappa shape index (κ1) is 12.7. The highest BCUT2D eigenvalue weighted by Gasteiger charge is 2.33. The predicted molar refractivity (Wildman–Crippen MR) is 77.6 cm³/mol. The molecule has 5 heteroatoms. The van der Waals surface area contributed by atoms with Gasteiger partial charge < -0.3 is 10.2 Å². The Bertz CT molecular complexity index is 436. The van der Waals surface area contributed by atoms with Gasteiger partial charge in [-0.25, -0.2) is 4.98 Å². The summed E-state index contributed by atoms with van der Waals surface area (Å²) in [5, 5.41) is 3.07. The molecule has 3 heterocycles. The van der Waals surface area contributed by atoms with Crippen molar-refractivity contribution in [1.82, 2.24) is 14.9 Å². The minimum absolute atomic E-state index is 0.510. The van der Waals surface area contributed by atoms with Crippen molar-refractivity contribution >= 4 is 11.6 Å². The maximum Gasteiger partial charge on any atom is 0.149 e. The zero-order chi connectivity index (χ0) is 13.2. The van der Waals surface area contributed by atoms with Gasteiger partial charge in [-0.15, -0.1) is 0 Å². The third kappa shape index (κ3) is 2.52. The van der Waals surface area contributed by atoms with Crippen molar-refractivity contribution in [3.63, 3.8) is 0 Å². The zero-order valence-corrected chi connectivity index (χ0v) is 11.8. The number of fused-ring (bicyclic) bond motifs is 1. The van der Waals surface area contributed by atoms with Crippen molar-refractivity contribution in [1.29, 1.82) is 0 Å². The van der Waals surface area contributed by atoms with Gasteiger partial charge in [0.15, 0.2) is 0 Å². The average molecular weight is 261 g/mol. The van der Waals surface area contributed by atoms with Crippen molar-refractivity contribution in [2.45, 2.75) is 38.3 Å². The number of hydrogen-bond donors (Lipinski definition) is 1. The molecule has 2 aliphatic rings. The van der Waals surface area contributed by atoms with E-state index in [1.807, 2.05) is 13.2 Å². The molecule has 1 N–H and O–H groups in total. The standard InChI is InChI=1S/C14H23N5/c1-11-9-18-6-4-3-5-12(18)10-19(11)14-8-16-7-13(15-2)17-14/h7-8,11-12H,3-6,9-10H2,1-2H3,(H,15,17). The number of hydrogen-bond acceptors (Lipinski definition) is 5. The summed E-state index contributed by atoms with van der Waals surface area (Å²) < 4.78 is 0. The molecule has 1 aromatic rings. The normalized spacial score (nSPS) is 28.0.